The van der Waals surface area contributed by atoms with Gasteiger partial charge in [0.15, 0.2) is 0 Å². The molecule has 2 aromatic heterocycles. The van der Waals surface area contributed by atoms with Crippen molar-refractivity contribution in [1.29, 1.82) is 5.26 Å². The first kappa shape index (κ1) is 24.2. The smallest absolute Gasteiger partial charge is 0.109 e. The molecule has 0 aliphatic heterocycles. The molecule has 7 nitrogen and oxygen atoms in total. The van der Waals surface area contributed by atoms with Crippen molar-refractivity contribution < 1.29 is 0 Å². The van der Waals surface area contributed by atoms with E-state index in [0.29, 0.717) is 59.3 Å². The number of anilines is 3. The van der Waals surface area contributed by atoms with E-state index in [9.17, 15) is 5.26 Å². The molecule has 0 bridgehead atoms. The van der Waals surface area contributed by atoms with E-state index in [0.717, 1.165) is 5.56 Å². The zero-order valence-electron chi connectivity index (χ0n) is 18.2. The second kappa shape index (κ2) is 10.2. The van der Waals surface area contributed by atoms with Gasteiger partial charge in [-0.2, -0.15) is 20.7 Å². The maximum Gasteiger partial charge on any atom is 0.109 e. The largest absolute Gasteiger partial charge is 0.373 e. The lowest BCUT2D eigenvalue weighted by atomic mass is 10.0. The molecule has 0 spiro atoms. The minimum absolute atomic E-state index is 0.340. The number of nitrogens with one attached hydrogen (secondary N) is 3. The number of nitrogens with zero attached hydrogens (tertiary/aromatic N) is 4. The topological polar surface area (TPSA) is 102 Å². The number of nitriles is 1. The van der Waals surface area contributed by atoms with E-state index in [1.54, 1.807) is 42.6 Å². The van der Waals surface area contributed by atoms with Crippen LogP contribution in [0.3, 0.4) is 0 Å². The van der Waals surface area contributed by atoms with Crippen molar-refractivity contribution in [3.8, 4) is 6.07 Å². The van der Waals surface area contributed by atoms with E-state index >= 15 is 0 Å². The minimum atomic E-state index is -0.354. The Hall–Kier alpha value is -3.54. The van der Waals surface area contributed by atoms with Crippen LogP contribution in [0, 0.1) is 11.3 Å². The molecule has 5 rings (SSSR count). The van der Waals surface area contributed by atoms with Gasteiger partial charge in [0.2, 0.25) is 0 Å². The number of aromatic amines is 1. The first-order valence-corrected chi connectivity index (χ1v) is 12.1. The molecule has 0 aliphatic carbocycles. The van der Waals surface area contributed by atoms with Gasteiger partial charge in [0.1, 0.15) is 11.8 Å². The first-order chi connectivity index (χ1) is 17.4. The van der Waals surface area contributed by atoms with E-state index in [2.05, 4.69) is 37.1 Å². The van der Waals surface area contributed by atoms with Crippen LogP contribution in [0.15, 0.2) is 67.0 Å². The van der Waals surface area contributed by atoms with Gasteiger partial charge in [-0.15, -0.1) is 0 Å². The highest BCUT2D eigenvalue weighted by atomic mass is 35.5. The normalized spacial score (nSPS) is 11.8. The van der Waals surface area contributed by atoms with E-state index in [1.165, 1.54) is 6.20 Å². The summed E-state index contributed by atoms with van der Waals surface area (Å²) in [6.45, 7) is 0. The van der Waals surface area contributed by atoms with E-state index in [1.807, 2.05) is 18.2 Å². The molecule has 11 heteroatoms. The van der Waals surface area contributed by atoms with E-state index < -0.39 is 0 Å². The number of fused-ring (bicyclic) bond motifs is 1. The van der Waals surface area contributed by atoms with Crippen LogP contribution in [0.2, 0.25) is 20.1 Å². The molecule has 0 aliphatic rings. The number of benzene rings is 3. The first-order valence-electron chi connectivity index (χ1n) is 10.5. The zero-order valence-corrected chi connectivity index (χ0v) is 21.3. The molecule has 2 heterocycles. The number of aromatic nitrogens is 4. The predicted octanol–water partition coefficient (Wildman–Crippen LogP) is 7.78. The molecule has 0 saturated carbocycles. The van der Waals surface area contributed by atoms with Crippen molar-refractivity contribution in [3.05, 3.63) is 104 Å². The molecule has 1 atom stereocenters. The summed E-state index contributed by atoms with van der Waals surface area (Å²) < 4.78 is 0. The molecule has 3 N–H and O–H groups in total. The lowest BCUT2D eigenvalue weighted by Gasteiger charge is -2.20. The number of hydrogen-bond donors (Lipinski definition) is 3. The van der Waals surface area contributed by atoms with Crippen LogP contribution in [0.5, 0.6) is 0 Å². The summed E-state index contributed by atoms with van der Waals surface area (Å²) in [7, 11) is 0. The SMILES string of the molecule is N#Cc1cnc2c(Cl)cc(NC(c3ccc(Cl)cc3)c3cn[nH]n3)cc2c1Nc1ccc(Cl)c(Cl)c1. The van der Waals surface area contributed by atoms with Gasteiger partial charge in [-0.1, -0.05) is 58.5 Å². The highest BCUT2D eigenvalue weighted by Gasteiger charge is 2.19. The molecule has 3 aromatic carbocycles. The third-order valence-corrected chi connectivity index (χ3v) is 6.76. The molecule has 0 amide bonds. The third-order valence-electron chi connectivity index (χ3n) is 5.48. The zero-order chi connectivity index (χ0) is 25.2. The Labute approximate surface area is 226 Å². The summed E-state index contributed by atoms with van der Waals surface area (Å²) in [4.78, 5) is 4.41. The summed E-state index contributed by atoms with van der Waals surface area (Å²) in [6.07, 6.45) is 3.12. The van der Waals surface area contributed by atoms with Gasteiger partial charge in [-0.3, -0.25) is 4.98 Å². The van der Waals surface area contributed by atoms with Crippen LogP contribution in [-0.4, -0.2) is 20.4 Å². The van der Waals surface area contributed by atoms with Gasteiger partial charge in [0.05, 0.1) is 44.1 Å². The Bertz CT molecular complexity index is 1600. The van der Waals surface area contributed by atoms with Crippen LogP contribution in [0.4, 0.5) is 17.1 Å². The number of halogens is 4. The van der Waals surface area contributed by atoms with Gasteiger partial charge in [0, 0.05) is 28.0 Å². The molecular formula is C25H15Cl4N7. The Morgan fingerprint density at radius 2 is 1.64 bits per heavy atom. The minimum Gasteiger partial charge on any atom is -0.373 e. The van der Waals surface area contributed by atoms with Crippen molar-refractivity contribution in [3.63, 3.8) is 0 Å². The second-order valence-corrected chi connectivity index (χ2v) is 9.45. The lowest BCUT2D eigenvalue weighted by Crippen LogP contribution is -2.13. The van der Waals surface area contributed by atoms with E-state index in [-0.39, 0.29) is 6.04 Å². The fourth-order valence-electron chi connectivity index (χ4n) is 3.78. The Kier molecular flexibility index (Phi) is 6.86. The van der Waals surface area contributed by atoms with Crippen molar-refractivity contribution >= 4 is 74.4 Å². The highest BCUT2D eigenvalue weighted by molar-refractivity contribution is 6.42. The Morgan fingerprint density at radius 1 is 0.861 bits per heavy atom. The molecule has 36 heavy (non-hydrogen) atoms. The van der Waals surface area contributed by atoms with Gasteiger partial charge in [-0.25, -0.2) is 0 Å². The van der Waals surface area contributed by atoms with Crippen LogP contribution in [0.1, 0.15) is 22.9 Å². The Balaban J connectivity index is 1.61. The number of hydrogen-bond acceptors (Lipinski definition) is 6. The summed E-state index contributed by atoms with van der Waals surface area (Å²) in [5.41, 5.74) is 4.35. The maximum atomic E-state index is 9.78. The molecule has 0 fully saturated rings. The van der Waals surface area contributed by atoms with E-state index in [4.69, 9.17) is 46.4 Å². The van der Waals surface area contributed by atoms with Crippen LogP contribution >= 0.6 is 46.4 Å². The monoisotopic (exact) mass is 553 g/mol. The average molecular weight is 555 g/mol. The molecule has 0 radical (unpaired) electrons. The maximum absolute atomic E-state index is 9.78. The number of pyridine rings is 1. The van der Waals surface area contributed by atoms with Crippen LogP contribution in [0.25, 0.3) is 10.9 Å². The summed E-state index contributed by atoms with van der Waals surface area (Å²) in [6, 6.07) is 18.0. The average Bonchev–Trinajstić information content (AvgIpc) is 3.40. The third kappa shape index (κ3) is 4.90. The van der Waals surface area contributed by atoms with Gasteiger partial charge >= 0.3 is 0 Å². The van der Waals surface area contributed by atoms with Crippen LogP contribution in [-0.2, 0) is 0 Å². The lowest BCUT2D eigenvalue weighted by molar-refractivity contribution is 0.852. The van der Waals surface area contributed by atoms with Gasteiger partial charge in [0.25, 0.3) is 0 Å². The quantitative estimate of drug-likeness (QED) is 0.198. The standard InChI is InChI=1S/C25H15Cl4N7/c26-15-3-1-13(2-4-15)24(22-12-32-36-35-22)34-17-7-18-23(33-16-5-6-19(27)20(28)8-16)14(10-30)11-31-25(18)21(29)9-17/h1-9,11-12,24,34H,(H,31,33)(H,32,35,36). The fourth-order valence-corrected chi connectivity index (χ4v) is 4.47. The van der Waals surface area contributed by atoms with Crippen molar-refractivity contribution in [2.45, 2.75) is 6.04 Å². The predicted molar refractivity (Wildman–Crippen MR) is 145 cm³/mol. The molecular weight excluding hydrogens is 540 g/mol. The molecule has 1 unspecified atom stereocenters. The summed E-state index contributed by atoms with van der Waals surface area (Å²) in [5.74, 6) is 0. The van der Waals surface area contributed by atoms with Crippen molar-refractivity contribution in [2.75, 3.05) is 10.6 Å². The van der Waals surface area contributed by atoms with Crippen molar-refractivity contribution in [1.82, 2.24) is 20.4 Å². The number of H-pyrrole nitrogens is 1. The van der Waals surface area contributed by atoms with Gasteiger partial charge in [-0.05, 0) is 48.0 Å². The fraction of sp³-hybridized carbons (Fsp3) is 0.0400. The molecule has 178 valence electrons. The van der Waals surface area contributed by atoms with Gasteiger partial charge < -0.3 is 10.6 Å². The summed E-state index contributed by atoms with van der Waals surface area (Å²) in [5, 5.41) is 29.9. The number of rotatable bonds is 6. The van der Waals surface area contributed by atoms with Crippen molar-refractivity contribution in [2.24, 2.45) is 0 Å². The Morgan fingerprint density at radius 3 is 2.33 bits per heavy atom. The molecule has 0 saturated heterocycles. The molecule has 5 aromatic rings. The van der Waals surface area contributed by atoms with Crippen LogP contribution < -0.4 is 10.6 Å². The highest BCUT2D eigenvalue weighted by Crippen LogP contribution is 2.37. The second-order valence-electron chi connectivity index (χ2n) is 7.79. The summed E-state index contributed by atoms with van der Waals surface area (Å²) >= 11 is 25.0.